The fraction of sp³-hybridized carbons (Fsp3) is 0.667. The van der Waals surface area contributed by atoms with Crippen LogP contribution in [0, 0.1) is 17.8 Å². The second kappa shape index (κ2) is 5.30. The summed E-state index contributed by atoms with van der Waals surface area (Å²) >= 11 is 3.44. The van der Waals surface area contributed by atoms with Crippen LogP contribution >= 0.6 is 15.9 Å². The van der Waals surface area contributed by atoms with Crippen LogP contribution in [0.5, 0.6) is 0 Å². The van der Waals surface area contributed by atoms with E-state index in [-0.39, 0.29) is 0 Å². The van der Waals surface area contributed by atoms with E-state index in [4.69, 9.17) is 0 Å². The predicted octanol–water partition coefficient (Wildman–Crippen LogP) is 3.41. The smallest absolute Gasteiger partial charge is 0.0420 e. The summed E-state index contributed by atoms with van der Waals surface area (Å²) in [6.07, 6.45) is 7.37. The van der Waals surface area contributed by atoms with Crippen molar-refractivity contribution in [2.24, 2.45) is 17.8 Å². The lowest BCUT2D eigenvalue weighted by atomic mass is 9.91. The van der Waals surface area contributed by atoms with Gasteiger partial charge in [0.1, 0.15) is 0 Å². The first-order valence-corrected chi connectivity index (χ1v) is 7.89. The second-order valence-electron chi connectivity index (χ2n) is 5.82. The van der Waals surface area contributed by atoms with Crippen LogP contribution in [0.4, 0.5) is 0 Å². The molecule has 2 fully saturated rings. The molecule has 0 amide bonds. The molecule has 0 radical (unpaired) electrons. The van der Waals surface area contributed by atoms with Crippen LogP contribution in [-0.2, 0) is 6.42 Å². The molecule has 0 aliphatic heterocycles. The third-order valence-electron chi connectivity index (χ3n) is 4.53. The molecular weight excluding hydrogens is 288 g/mol. The summed E-state index contributed by atoms with van der Waals surface area (Å²) in [5.74, 6) is 3.00. The van der Waals surface area contributed by atoms with Gasteiger partial charge in [-0.2, -0.15) is 0 Å². The number of nitrogens with one attached hydrogen (secondary N) is 1. The molecule has 2 nitrogen and oxygen atoms in total. The summed E-state index contributed by atoms with van der Waals surface area (Å²) in [6, 6.07) is 4.86. The maximum absolute atomic E-state index is 4.52. The van der Waals surface area contributed by atoms with Gasteiger partial charge in [0.15, 0.2) is 0 Å². The summed E-state index contributed by atoms with van der Waals surface area (Å²) in [5.41, 5.74) is 1.21. The number of likely N-dealkylation sites (N-methyl/N-ethyl adjacent to an activating group) is 1. The molecule has 0 spiro atoms. The Morgan fingerprint density at radius 1 is 1.33 bits per heavy atom. The topological polar surface area (TPSA) is 24.9 Å². The Balaban J connectivity index is 1.64. The van der Waals surface area contributed by atoms with Gasteiger partial charge in [-0.25, -0.2) is 0 Å². The first-order valence-electron chi connectivity index (χ1n) is 7.10. The van der Waals surface area contributed by atoms with Crippen LogP contribution in [0.15, 0.2) is 22.8 Å². The first-order chi connectivity index (χ1) is 8.76. The molecule has 98 valence electrons. The van der Waals surface area contributed by atoms with Crippen molar-refractivity contribution in [1.29, 1.82) is 0 Å². The molecule has 3 atom stereocenters. The molecule has 0 aromatic carbocycles. The van der Waals surface area contributed by atoms with Crippen LogP contribution in [-0.4, -0.2) is 17.6 Å². The normalized spacial score (nSPS) is 31.1. The molecule has 0 bridgehead atoms. The molecule has 2 saturated carbocycles. The van der Waals surface area contributed by atoms with Crippen molar-refractivity contribution in [2.75, 3.05) is 6.54 Å². The Labute approximate surface area is 118 Å². The van der Waals surface area contributed by atoms with Crippen LogP contribution in [0.2, 0.25) is 0 Å². The molecule has 3 unspecified atom stereocenters. The summed E-state index contributed by atoms with van der Waals surface area (Å²) in [5, 5.41) is 3.68. The van der Waals surface area contributed by atoms with E-state index in [0.29, 0.717) is 6.04 Å². The number of halogens is 1. The monoisotopic (exact) mass is 308 g/mol. The number of aromatic nitrogens is 1. The fourth-order valence-electron chi connectivity index (χ4n) is 3.51. The van der Waals surface area contributed by atoms with E-state index in [2.05, 4.69) is 45.3 Å². The van der Waals surface area contributed by atoms with Crippen molar-refractivity contribution in [3.8, 4) is 0 Å². The van der Waals surface area contributed by atoms with E-state index in [9.17, 15) is 0 Å². The van der Waals surface area contributed by atoms with E-state index >= 15 is 0 Å². The lowest BCUT2D eigenvalue weighted by molar-refractivity contribution is 0.335. The average molecular weight is 309 g/mol. The Morgan fingerprint density at radius 2 is 2.11 bits per heavy atom. The second-order valence-corrected chi connectivity index (χ2v) is 6.74. The quantitative estimate of drug-likeness (QED) is 0.901. The number of pyridine rings is 1. The molecule has 1 heterocycles. The highest BCUT2D eigenvalue weighted by Crippen LogP contribution is 2.55. The molecule has 0 saturated heterocycles. The minimum Gasteiger partial charge on any atom is -0.314 e. The van der Waals surface area contributed by atoms with E-state index in [1.807, 2.05) is 6.20 Å². The SMILES string of the molecule is CCNC(Cc1ccc(Br)cn1)C1CC2CC2C1. The predicted molar refractivity (Wildman–Crippen MR) is 77.4 cm³/mol. The third-order valence-corrected chi connectivity index (χ3v) is 5.00. The van der Waals surface area contributed by atoms with Crippen LogP contribution < -0.4 is 5.32 Å². The van der Waals surface area contributed by atoms with Gasteiger partial charge in [0, 0.05) is 28.8 Å². The van der Waals surface area contributed by atoms with Crippen molar-refractivity contribution in [3.05, 3.63) is 28.5 Å². The minimum atomic E-state index is 0.622. The maximum Gasteiger partial charge on any atom is 0.0420 e. The summed E-state index contributed by atoms with van der Waals surface area (Å²) < 4.78 is 1.06. The van der Waals surface area contributed by atoms with Gasteiger partial charge in [0.25, 0.3) is 0 Å². The number of nitrogens with zero attached hydrogens (tertiary/aromatic N) is 1. The molecule has 2 aliphatic rings. The Kier molecular flexibility index (Phi) is 3.71. The summed E-state index contributed by atoms with van der Waals surface area (Å²) in [6.45, 7) is 3.27. The molecule has 3 rings (SSSR count). The van der Waals surface area contributed by atoms with Gasteiger partial charge in [0.2, 0.25) is 0 Å². The first kappa shape index (κ1) is 12.6. The number of rotatable bonds is 5. The van der Waals surface area contributed by atoms with Crippen LogP contribution in [0.25, 0.3) is 0 Å². The minimum absolute atomic E-state index is 0.622. The zero-order valence-electron chi connectivity index (χ0n) is 10.9. The molecule has 1 N–H and O–H groups in total. The highest BCUT2D eigenvalue weighted by molar-refractivity contribution is 9.10. The molecule has 3 heteroatoms. The highest BCUT2D eigenvalue weighted by Gasteiger charge is 2.47. The van der Waals surface area contributed by atoms with Crippen molar-refractivity contribution in [3.63, 3.8) is 0 Å². The van der Waals surface area contributed by atoms with Gasteiger partial charge in [-0.05, 0) is 71.6 Å². The lowest BCUT2D eigenvalue weighted by Gasteiger charge is -2.25. The van der Waals surface area contributed by atoms with E-state index in [1.54, 1.807) is 0 Å². The summed E-state index contributed by atoms with van der Waals surface area (Å²) in [4.78, 5) is 4.52. The van der Waals surface area contributed by atoms with Gasteiger partial charge in [0.05, 0.1) is 0 Å². The van der Waals surface area contributed by atoms with E-state index < -0.39 is 0 Å². The van der Waals surface area contributed by atoms with Crippen LogP contribution in [0.1, 0.15) is 31.9 Å². The molecule has 18 heavy (non-hydrogen) atoms. The number of fused-ring (bicyclic) bond motifs is 1. The molecule has 2 aliphatic carbocycles. The largest absolute Gasteiger partial charge is 0.314 e. The lowest BCUT2D eigenvalue weighted by Crippen LogP contribution is -2.37. The van der Waals surface area contributed by atoms with Crippen molar-refractivity contribution < 1.29 is 0 Å². The summed E-state index contributed by atoms with van der Waals surface area (Å²) in [7, 11) is 0. The Morgan fingerprint density at radius 3 is 2.72 bits per heavy atom. The average Bonchev–Trinajstić information content (AvgIpc) is 2.98. The van der Waals surface area contributed by atoms with Gasteiger partial charge in [-0.3, -0.25) is 4.98 Å². The van der Waals surface area contributed by atoms with Gasteiger partial charge >= 0.3 is 0 Å². The maximum atomic E-state index is 4.52. The molecular formula is C15H21BrN2. The van der Waals surface area contributed by atoms with E-state index in [0.717, 1.165) is 35.2 Å². The molecule has 1 aromatic rings. The van der Waals surface area contributed by atoms with Crippen molar-refractivity contribution in [2.45, 2.75) is 38.6 Å². The van der Waals surface area contributed by atoms with E-state index in [1.165, 1.54) is 25.0 Å². The van der Waals surface area contributed by atoms with Crippen LogP contribution in [0.3, 0.4) is 0 Å². The zero-order valence-corrected chi connectivity index (χ0v) is 12.5. The third kappa shape index (κ3) is 2.77. The highest BCUT2D eigenvalue weighted by atomic mass is 79.9. The van der Waals surface area contributed by atoms with Gasteiger partial charge in [-0.15, -0.1) is 0 Å². The molecule has 1 aromatic heterocycles. The van der Waals surface area contributed by atoms with Gasteiger partial charge < -0.3 is 5.32 Å². The number of hydrogen-bond acceptors (Lipinski definition) is 2. The Bertz CT molecular complexity index is 393. The number of hydrogen-bond donors (Lipinski definition) is 1. The van der Waals surface area contributed by atoms with Crippen molar-refractivity contribution >= 4 is 15.9 Å². The zero-order chi connectivity index (χ0) is 12.5. The Hall–Kier alpha value is -0.410. The standard InChI is InChI=1S/C15H21BrN2/c1-2-17-15(12-6-10-5-11(10)7-12)8-14-4-3-13(16)9-18-14/h3-4,9-12,15,17H,2,5-8H2,1H3. The fourth-order valence-corrected chi connectivity index (χ4v) is 3.74. The van der Waals surface area contributed by atoms with Crippen molar-refractivity contribution in [1.82, 2.24) is 10.3 Å². The van der Waals surface area contributed by atoms with Gasteiger partial charge in [-0.1, -0.05) is 6.92 Å².